The van der Waals surface area contributed by atoms with Crippen LogP contribution >= 0.6 is 22.9 Å². The summed E-state index contributed by atoms with van der Waals surface area (Å²) in [5.74, 6) is 0. The lowest BCUT2D eigenvalue weighted by molar-refractivity contribution is 0.583. The van der Waals surface area contributed by atoms with E-state index in [2.05, 4.69) is 9.71 Å². The first-order valence-electron chi connectivity index (χ1n) is 6.11. The summed E-state index contributed by atoms with van der Waals surface area (Å²) >= 11 is 6.80. The first-order valence-corrected chi connectivity index (χ1v) is 8.78. The Bertz CT molecular complexity index is 899. The number of sulfonamides is 1. The molecule has 0 saturated heterocycles. The summed E-state index contributed by atoms with van der Waals surface area (Å²) in [7, 11) is -1.61. The SMILES string of the molecule is Cn1cnc2cc(CNS(=O)(=O)c3ccc(Cl)s3)ccc21. The molecule has 0 aliphatic heterocycles. The van der Waals surface area contributed by atoms with Crippen LogP contribution in [0, 0.1) is 0 Å². The zero-order valence-corrected chi connectivity index (χ0v) is 13.5. The maximum absolute atomic E-state index is 12.1. The molecule has 21 heavy (non-hydrogen) atoms. The van der Waals surface area contributed by atoms with E-state index in [1.807, 2.05) is 29.8 Å². The lowest BCUT2D eigenvalue weighted by Gasteiger charge is -2.05. The maximum Gasteiger partial charge on any atom is 0.250 e. The van der Waals surface area contributed by atoms with Crippen LogP contribution in [0.5, 0.6) is 0 Å². The molecule has 2 aromatic heterocycles. The van der Waals surface area contributed by atoms with Crippen molar-refractivity contribution in [1.82, 2.24) is 14.3 Å². The van der Waals surface area contributed by atoms with Gasteiger partial charge in [0.2, 0.25) is 10.0 Å². The molecular formula is C13H12ClN3O2S2. The van der Waals surface area contributed by atoms with Gasteiger partial charge in [-0.1, -0.05) is 17.7 Å². The number of halogens is 1. The molecule has 1 N–H and O–H groups in total. The molecule has 0 aliphatic rings. The van der Waals surface area contributed by atoms with Crippen molar-refractivity contribution in [2.24, 2.45) is 7.05 Å². The molecule has 0 amide bonds. The number of aryl methyl sites for hydroxylation is 1. The average molecular weight is 342 g/mol. The Balaban J connectivity index is 1.79. The molecule has 5 nitrogen and oxygen atoms in total. The summed E-state index contributed by atoms with van der Waals surface area (Å²) in [5, 5.41) is 0. The number of hydrogen-bond donors (Lipinski definition) is 1. The van der Waals surface area contributed by atoms with E-state index in [0.29, 0.717) is 4.34 Å². The van der Waals surface area contributed by atoms with Crippen molar-refractivity contribution in [1.29, 1.82) is 0 Å². The van der Waals surface area contributed by atoms with E-state index in [1.165, 1.54) is 6.07 Å². The molecule has 8 heteroatoms. The van der Waals surface area contributed by atoms with Crippen LogP contribution in [0.15, 0.2) is 40.9 Å². The molecule has 2 heterocycles. The Morgan fingerprint density at radius 1 is 1.33 bits per heavy atom. The largest absolute Gasteiger partial charge is 0.334 e. The van der Waals surface area contributed by atoms with Crippen LogP contribution in [0.1, 0.15) is 5.56 Å². The third kappa shape index (κ3) is 2.96. The predicted octanol–water partition coefficient (Wildman–Crippen LogP) is 2.77. The van der Waals surface area contributed by atoms with Crippen LogP contribution in [0.3, 0.4) is 0 Å². The number of nitrogens with zero attached hydrogens (tertiary/aromatic N) is 2. The predicted molar refractivity (Wildman–Crippen MR) is 84.1 cm³/mol. The summed E-state index contributed by atoms with van der Waals surface area (Å²) in [5.41, 5.74) is 2.70. The number of imidazole rings is 1. The summed E-state index contributed by atoms with van der Waals surface area (Å²) in [4.78, 5) is 4.26. The Morgan fingerprint density at radius 2 is 2.14 bits per heavy atom. The van der Waals surface area contributed by atoms with Gasteiger partial charge in [0, 0.05) is 13.6 Å². The second-order valence-corrected chi connectivity index (χ2v) is 8.27. The second-order valence-electron chi connectivity index (χ2n) is 4.56. The highest BCUT2D eigenvalue weighted by Crippen LogP contribution is 2.25. The van der Waals surface area contributed by atoms with Crippen LogP contribution in [0.25, 0.3) is 11.0 Å². The maximum atomic E-state index is 12.1. The highest BCUT2D eigenvalue weighted by atomic mass is 35.5. The molecule has 0 saturated carbocycles. The first kappa shape index (κ1) is 14.5. The van der Waals surface area contributed by atoms with E-state index in [1.54, 1.807) is 12.4 Å². The van der Waals surface area contributed by atoms with Crippen molar-refractivity contribution in [2.45, 2.75) is 10.8 Å². The fraction of sp³-hybridized carbons (Fsp3) is 0.154. The molecule has 0 fully saturated rings. The van der Waals surface area contributed by atoms with Gasteiger partial charge < -0.3 is 4.57 Å². The van der Waals surface area contributed by atoms with Crippen molar-refractivity contribution < 1.29 is 8.42 Å². The molecule has 0 radical (unpaired) electrons. The molecular weight excluding hydrogens is 330 g/mol. The topological polar surface area (TPSA) is 64.0 Å². The summed E-state index contributed by atoms with van der Waals surface area (Å²) in [6.45, 7) is 0.213. The summed E-state index contributed by atoms with van der Waals surface area (Å²) in [6.07, 6.45) is 1.73. The number of rotatable bonds is 4. The summed E-state index contributed by atoms with van der Waals surface area (Å²) in [6, 6.07) is 8.75. The molecule has 0 unspecified atom stereocenters. The van der Waals surface area contributed by atoms with E-state index in [0.717, 1.165) is 27.9 Å². The Labute approximate surface area is 131 Å². The van der Waals surface area contributed by atoms with Gasteiger partial charge in [0.05, 0.1) is 21.7 Å². The normalized spacial score (nSPS) is 12.1. The fourth-order valence-electron chi connectivity index (χ4n) is 1.98. The quantitative estimate of drug-likeness (QED) is 0.793. The van der Waals surface area contributed by atoms with Crippen LogP contribution in [0.4, 0.5) is 0 Å². The average Bonchev–Trinajstić information content (AvgIpc) is 3.04. The van der Waals surface area contributed by atoms with Crippen molar-refractivity contribution in [2.75, 3.05) is 0 Å². The zero-order valence-electron chi connectivity index (χ0n) is 11.1. The molecule has 0 spiro atoms. The lowest BCUT2D eigenvalue weighted by Crippen LogP contribution is -2.22. The fourth-order valence-corrected chi connectivity index (χ4v) is 4.53. The van der Waals surface area contributed by atoms with Gasteiger partial charge in [-0.25, -0.2) is 18.1 Å². The van der Waals surface area contributed by atoms with Gasteiger partial charge in [0.1, 0.15) is 4.21 Å². The van der Waals surface area contributed by atoms with E-state index in [4.69, 9.17) is 11.6 Å². The Morgan fingerprint density at radius 3 is 2.86 bits per heavy atom. The summed E-state index contributed by atoms with van der Waals surface area (Å²) < 4.78 is 29.4. The minimum atomic E-state index is -3.53. The molecule has 0 aliphatic carbocycles. The highest BCUT2D eigenvalue weighted by molar-refractivity contribution is 7.91. The minimum absolute atomic E-state index is 0.213. The van der Waals surface area contributed by atoms with Gasteiger partial charge in [-0.2, -0.15) is 0 Å². The highest BCUT2D eigenvalue weighted by Gasteiger charge is 2.16. The van der Waals surface area contributed by atoms with Gasteiger partial charge >= 0.3 is 0 Å². The number of benzene rings is 1. The standard InChI is InChI=1S/C13H12ClN3O2S2/c1-17-8-15-10-6-9(2-3-11(10)17)7-16-21(18,19)13-5-4-12(14)20-13/h2-6,8,16H,7H2,1H3. The number of fused-ring (bicyclic) bond motifs is 1. The van der Waals surface area contributed by atoms with E-state index in [9.17, 15) is 8.42 Å². The smallest absolute Gasteiger partial charge is 0.250 e. The molecule has 0 atom stereocenters. The van der Waals surface area contributed by atoms with Gasteiger partial charge in [0.15, 0.2) is 0 Å². The Hall–Kier alpha value is -1.41. The van der Waals surface area contributed by atoms with Gasteiger partial charge in [0.25, 0.3) is 0 Å². The van der Waals surface area contributed by atoms with Crippen LogP contribution in [0.2, 0.25) is 4.34 Å². The number of thiophene rings is 1. The van der Waals surface area contributed by atoms with Crippen molar-refractivity contribution in [3.05, 3.63) is 46.6 Å². The lowest BCUT2D eigenvalue weighted by atomic mass is 10.2. The van der Waals surface area contributed by atoms with E-state index < -0.39 is 10.0 Å². The van der Waals surface area contributed by atoms with E-state index in [-0.39, 0.29) is 10.8 Å². The molecule has 3 rings (SSSR count). The van der Waals surface area contributed by atoms with Crippen LogP contribution in [-0.2, 0) is 23.6 Å². The van der Waals surface area contributed by atoms with Crippen LogP contribution in [-0.4, -0.2) is 18.0 Å². The van der Waals surface area contributed by atoms with Crippen molar-refractivity contribution in [3.8, 4) is 0 Å². The minimum Gasteiger partial charge on any atom is -0.334 e. The monoisotopic (exact) mass is 341 g/mol. The zero-order chi connectivity index (χ0) is 15.0. The van der Waals surface area contributed by atoms with Crippen molar-refractivity contribution >= 4 is 44.0 Å². The van der Waals surface area contributed by atoms with Gasteiger partial charge in [-0.05, 0) is 29.8 Å². The van der Waals surface area contributed by atoms with Crippen molar-refractivity contribution in [3.63, 3.8) is 0 Å². The molecule has 1 aromatic carbocycles. The molecule has 110 valence electrons. The third-order valence-corrected chi connectivity index (χ3v) is 6.19. The van der Waals surface area contributed by atoms with Gasteiger partial charge in [-0.3, -0.25) is 0 Å². The second kappa shape index (κ2) is 5.42. The Kier molecular flexibility index (Phi) is 3.75. The number of aromatic nitrogens is 2. The number of hydrogen-bond acceptors (Lipinski definition) is 4. The third-order valence-electron chi connectivity index (χ3n) is 3.07. The first-order chi connectivity index (χ1) is 9.95. The number of nitrogens with one attached hydrogen (secondary N) is 1. The van der Waals surface area contributed by atoms with E-state index >= 15 is 0 Å². The molecule has 3 aromatic rings. The van der Waals surface area contributed by atoms with Gasteiger partial charge in [-0.15, -0.1) is 11.3 Å². The molecule has 0 bridgehead atoms. The van der Waals surface area contributed by atoms with Crippen LogP contribution < -0.4 is 4.72 Å².